The first-order valence-corrected chi connectivity index (χ1v) is 11.9. The van der Waals surface area contributed by atoms with Crippen molar-refractivity contribution in [3.8, 4) is 0 Å². The van der Waals surface area contributed by atoms with Crippen molar-refractivity contribution in [3.63, 3.8) is 0 Å². The molecule has 3 aromatic rings. The number of benzene rings is 2. The fraction of sp³-hybridized carbons (Fsp3) is 0.269. The Bertz CT molecular complexity index is 1310. The molecular weight excluding hydrogens is 437 g/mol. The van der Waals surface area contributed by atoms with Crippen LogP contribution < -0.4 is 10.9 Å². The number of anilines is 1. The van der Waals surface area contributed by atoms with E-state index in [0.717, 1.165) is 11.3 Å². The maximum atomic E-state index is 13.6. The summed E-state index contributed by atoms with van der Waals surface area (Å²) in [6, 6.07) is 16.0. The second kappa shape index (κ2) is 8.30. The zero-order chi connectivity index (χ0) is 23.2. The Morgan fingerprint density at radius 3 is 2.52 bits per heavy atom. The maximum Gasteiger partial charge on any atom is 0.257 e. The molecule has 2 N–H and O–H groups in total. The maximum absolute atomic E-state index is 13.6. The number of hydrogen-bond donors (Lipinski definition) is 2. The van der Waals surface area contributed by atoms with Gasteiger partial charge in [-0.15, -0.1) is 0 Å². The minimum absolute atomic E-state index is 0.00986. The Balaban J connectivity index is 1.59. The smallest absolute Gasteiger partial charge is 0.257 e. The molecular formula is C26H24FN3O2S. The Hall–Kier alpha value is -3.19. The number of halogens is 1. The summed E-state index contributed by atoms with van der Waals surface area (Å²) in [6.45, 7) is 4.12. The number of rotatable bonds is 4. The largest absolute Gasteiger partial charge is 0.343 e. The van der Waals surface area contributed by atoms with Gasteiger partial charge in [0.1, 0.15) is 11.6 Å². The molecule has 1 aliphatic heterocycles. The van der Waals surface area contributed by atoms with E-state index in [0.29, 0.717) is 46.3 Å². The zero-order valence-corrected chi connectivity index (χ0v) is 19.3. The van der Waals surface area contributed by atoms with Gasteiger partial charge in [0.15, 0.2) is 10.9 Å². The first-order valence-electron chi connectivity index (χ1n) is 10.9. The number of fused-ring (bicyclic) bond motifs is 1. The van der Waals surface area contributed by atoms with Crippen molar-refractivity contribution in [3.05, 3.63) is 98.7 Å². The van der Waals surface area contributed by atoms with Crippen LogP contribution in [0.25, 0.3) is 0 Å². The van der Waals surface area contributed by atoms with Gasteiger partial charge in [0.2, 0.25) is 0 Å². The molecule has 0 bridgehead atoms. The normalized spacial score (nSPS) is 19.0. The molecule has 0 radical (unpaired) electrons. The summed E-state index contributed by atoms with van der Waals surface area (Å²) in [5.41, 5.74) is 3.14. The van der Waals surface area contributed by atoms with Crippen LogP contribution in [0.3, 0.4) is 0 Å². The van der Waals surface area contributed by atoms with Crippen molar-refractivity contribution in [2.24, 2.45) is 5.41 Å². The van der Waals surface area contributed by atoms with Crippen molar-refractivity contribution < 1.29 is 9.18 Å². The van der Waals surface area contributed by atoms with Crippen LogP contribution in [-0.2, 0) is 10.5 Å². The standard InChI is InChI=1S/C26H24FN3O2S/c1-26(2)12-18-21(19(31)13-26)20(16-8-10-17(27)11-9-16)22-23(28-18)29-25(30-24(22)32)33-14-15-6-4-3-5-7-15/h3-11,20H,12-14H2,1-2H3,(H2,28,29,30,32)/t20-/m1/s1. The molecule has 0 spiro atoms. The average Bonchev–Trinajstić information content (AvgIpc) is 2.77. The highest BCUT2D eigenvalue weighted by molar-refractivity contribution is 7.98. The number of carbonyl (C=O) groups excluding carboxylic acids is 1. The summed E-state index contributed by atoms with van der Waals surface area (Å²) in [4.78, 5) is 34.1. The molecule has 0 saturated carbocycles. The SMILES string of the molecule is CC1(C)CC(=O)C2=C(C1)Nc1nc(SCc3ccccc3)[nH]c(=O)c1[C@@H]2c1ccc(F)cc1. The summed E-state index contributed by atoms with van der Waals surface area (Å²) in [5.74, 6) is 0.204. The number of ketones is 1. The van der Waals surface area contributed by atoms with Crippen molar-refractivity contribution in [1.29, 1.82) is 0 Å². The lowest BCUT2D eigenvalue weighted by Gasteiger charge is -2.38. The van der Waals surface area contributed by atoms with E-state index in [2.05, 4.69) is 24.1 Å². The van der Waals surface area contributed by atoms with Crippen LogP contribution in [0.5, 0.6) is 0 Å². The molecule has 7 heteroatoms. The van der Waals surface area contributed by atoms with E-state index in [9.17, 15) is 14.0 Å². The monoisotopic (exact) mass is 461 g/mol. The van der Waals surface area contributed by atoms with Gasteiger partial charge in [-0.05, 0) is 35.1 Å². The highest BCUT2D eigenvalue weighted by Crippen LogP contribution is 2.47. The predicted molar refractivity (Wildman–Crippen MR) is 128 cm³/mol. The third-order valence-electron chi connectivity index (χ3n) is 6.12. The van der Waals surface area contributed by atoms with Crippen LogP contribution in [0.15, 0.2) is 75.8 Å². The number of thioether (sulfide) groups is 1. The number of allylic oxidation sites excluding steroid dienone is 2. The van der Waals surface area contributed by atoms with Gasteiger partial charge in [-0.25, -0.2) is 9.37 Å². The fourth-order valence-corrected chi connectivity index (χ4v) is 5.49. The van der Waals surface area contributed by atoms with Crippen LogP contribution in [0.2, 0.25) is 0 Å². The molecule has 0 fully saturated rings. The summed E-state index contributed by atoms with van der Waals surface area (Å²) in [5, 5.41) is 3.83. The average molecular weight is 462 g/mol. The Kier molecular flexibility index (Phi) is 5.44. The van der Waals surface area contributed by atoms with Crippen LogP contribution in [0.1, 0.15) is 49.3 Å². The molecule has 5 rings (SSSR count). The molecule has 1 atom stereocenters. The molecule has 2 heterocycles. The number of Topliss-reactive ketones (excluding diaryl/α,β-unsaturated/α-hetero) is 1. The molecule has 2 aliphatic rings. The summed E-state index contributed by atoms with van der Waals surface area (Å²) >= 11 is 1.45. The van der Waals surface area contributed by atoms with Gasteiger partial charge in [-0.2, -0.15) is 0 Å². The van der Waals surface area contributed by atoms with Crippen LogP contribution in [0.4, 0.5) is 10.2 Å². The summed E-state index contributed by atoms with van der Waals surface area (Å²) in [6.07, 6.45) is 1.07. The van der Waals surface area contributed by atoms with E-state index in [1.165, 1.54) is 23.9 Å². The van der Waals surface area contributed by atoms with Gasteiger partial charge in [0.25, 0.3) is 5.56 Å². The first-order chi connectivity index (χ1) is 15.8. The highest BCUT2D eigenvalue weighted by Gasteiger charge is 2.42. The predicted octanol–water partition coefficient (Wildman–Crippen LogP) is 5.40. The van der Waals surface area contributed by atoms with Crippen molar-refractivity contribution in [2.45, 2.75) is 43.5 Å². The zero-order valence-electron chi connectivity index (χ0n) is 18.4. The molecule has 1 aromatic heterocycles. The Morgan fingerprint density at radius 1 is 1.06 bits per heavy atom. The van der Waals surface area contributed by atoms with Gasteiger partial charge >= 0.3 is 0 Å². The van der Waals surface area contributed by atoms with Crippen molar-refractivity contribution in [2.75, 3.05) is 5.32 Å². The van der Waals surface area contributed by atoms with Gasteiger partial charge in [-0.3, -0.25) is 9.59 Å². The second-order valence-electron chi connectivity index (χ2n) is 9.35. The minimum Gasteiger partial charge on any atom is -0.343 e. The quantitative estimate of drug-likeness (QED) is 0.402. The molecule has 2 aromatic carbocycles. The summed E-state index contributed by atoms with van der Waals surface area (Å²) in [7, 11) is 0. The third-order valence-corrected chi connectivity index (χ3v) is 7.07. The van der Waals surface area contributed by atoms with Crippen molar-refractivity contribution in [1.82, 2.24) is 9.97 Å². The molecule has 0 unspecified atom stereocenters. The number of H-pyrrole nitrogens is 1. The van der Waals surface area contributed by atoms with E-state index in [4.69, 9.17) is 4.98 Å². The summed E-state index contributed by atoms with van der Waals surface area (Å²) < 4.78 is 13.6. The number of carbonyl (C=O) groups is 1. The third kappa shape index (κ3) is 4.25. The molecule has 0 saturated heterocycles. The Morgan fingerprint density at radius 2 is 1.79 bits per heavy atom. The lowest BCUT2D eigenvalue weighted by Crippen LogP contribution is -2.37. The van der Waals surface area contributed by atoms with Gasteiger partial charge in [-0.1, -0.05) is 68.1 Å². The van der Waals surface area contributed by atoms with Crippen LogP contribution in [-0.4, -0.2) is 15.8 Å². The molecule has 168 valence electrons. The topological polar surface area (TPSA) is 74.8 Å². The number of hydrogen-bond acceptors (Lipinski definition) is 5. The van der Waals surface area contributed by atoms with Crippen LogP contribution in [0, 0.1) is 11.2 Å². The van der Waals surface area contributed by atoms with E-state index in [1.807, 2.05) is 30.3 Å². The highest BCUT2D eigenvalue weighted by atomic mass is 32.2. The minimum atomic E-state index is -0.579. The van der Waals surface area contributed by atoms with Gasteiger partial charge in [0.05, 0.1) is 5.56 Å². The number of nitrogens with zero attached hydrogens (tertiary/aromatic N) is 1. The lowest BCUT2D eigenvalue weighted by atomic mass is 9.69. The molecule has 0 amide bonds. The lowest BCUT2D eigenvalue weighted by molar-refractivity contribution is -0.118. The Labute approximate surface area is 195 Å². The number of aromatic nitrogens is 2. The number of aromatic amines is 1. The number of nitrogens with one attached hydrogen (secondary N) is 2. The molecule has 33 heavy (non-hydrogen) atoms. The van der Waals surface area contributed by atoms with E-state index >= 15 is 0 Å². The van der Waals surface area contributed by atoms with E-state index < -0.39 is 5.92 Å². The van der Waals surface area contributed by atoms with Crippen molar-refractivity contribution >= 4 is 23.4 Å². The fourth-order valence-electron chi connectivity index (χ4n) is 4.68. The van der Waals surface area contributed by atoms with Crippen LogP contribution >= 0.6 is 11.8 Å². The van der Waals surface area contributed by atoms with E-state index in [1.54, 1.807) is 12.1 Å². The second-order valence-corrected chi connectivity index (χ2v) is 10.3. The first kappa shape index (κ1) is 21.6. The molecule has 5 nitrogen and oxygen atoms in total. The van der Waals surface area contributed by atoms with Gasteiger partial charge < -0.3 is 10.3 Å². The van der Waals surface area contributed by atoms with E-state index in [-0.39, 0.29) is 22.6 Å². The van der Waals surface area contributed by atoms with Gasteiger partial charge in [0, 0.05) is 29.4 Å². The molecule has 1 aliphatic carbocycles.